The Morgan fingerprint density at radius 2 is 1.24 bits per heavy atom. The fraction of sp³-hybridized carbons (Fsp3) is 0.444. The second-order valence-electron chi connectivity index (χ2n) is 8.43. The zero-order valence-corrected chi connectivity index (χ0v) is 20.6. The molecule has 2 aromatic rings. The highest BCUT2D eigenvalue weighted by atomic mass is 19.4. The largest absolute Gasteiger partial charge is 0.494 e. The number of carboxylic acid groups (broad SMARTS) is 1. The SMILES string of the molecule is CCCCCCCCCCOc1ccc(C(=O)Oc2ccc(C(=O)OC(C(=O)O)C(F)(F)F)cc2)cc1. The lowest BCUT2D eigenvalue weighted by Crippen LogP contribution is -2.40. The van der Waals surface area contributed by atoms with Gasteiger partial charge in [-0.1, -0.05) is 51.9 Å². The molecule has 1 N–H and O–H groups in total. The van der Waals surface area contributed by atoms with Crippen LogP contribution in [0.4, 0.5) is 13.2 Å². The van der Waals surface area contributed by atoms with Gasteiger partial charge < -0.3 is 19.3 Å². The van der Waals surface area contributed by atoms with E-state index in [0.717, 1.165) is 25.0 Å². The lowest BCUT2D eigenvalue weighted by Gasteiger charge is -2.16. The fourth-order valence-corrected chi connectivity index (χ4v) is 3.37. The number of aliphatic carboxylic acids is 1. The Labute approximate surface area is 213 Å². The topological polar surface area (TPSA) is 99.1 Å². The highest BCUT2D eigenvalue weighted by Crippen LogP contribution is 2.25. The summed E-state index contributed by atoms with van der Waals surface area (Å²) >= 11 is 0. The summed E-state index contributed by atoms with van der Waals surface area (Å²) in [5.41, 5.74) is -0.0920. The maximum atomic E-state index is 12.7. The monoisotopic (exact) mass is 524 g/mol. The molecule has 1 atom stereocenters. The summed E-state index contributed by atoms with van der Waals surface area (Å²) in [4.78, 5) is 34.9. The number of hydrogen-bond donors (Lipinski definition) is 1. The van der Waals surface area contributed by atoms with Crippen LogP contribution in [0.1, 0.15) is 79.0 Å². The van der Waals surface area contributed by atoms with Gasteiger partial charge in [-0.25, -0.2) is 14.4 Å². The van der Waals surface area contributed by atoms with E-state index in [-0.39, 0.29) is 16.9 Å². The van der Waals surface area contributed by atoms with Gasteiger partial charge in [0.25, 0.3) is 6.10 Å². The number of carbonyl (C=O) groups is 3. The van der Waals surface area contributed by atoms with Gasteiger partial charge >= 0.3 is 24.1 Å². The molecule has 2 rings (SSSR count). The van der Waals surface area contributed by atoms with Gasteiger partial charge in [0.05, 0.1) is 17.7 Å². The third-order valence-corrected chi connectivity index (χ3v) is 5.40. The lowest BCUT2D eigenvalue weighted by molar-refractivity contribution is -0.214. The van der Waals surface area contributed by atoms with E-state index in [9.17, 15) is 27.6 Å². The first-order chi connectivity index (χ1) is 17.6. The number of hydrogen-bond acceptors (Lipinski definition) is 6. The normalized spacial score (nSPS) is 12.0. The average molecular weight is 525 g/mol. The van der Waals surface area contributed by atoms with Crippen molar-refractivity contribution in [2.45, 2.75) is 70.6 Å². The molecule has 1 unspecified atom stereocenters. The minimum Gasteiger partial charge on any atom is -0.494 e. The molecule has 2 aromatic carbocycles. The predicted octanol–water partition coefficient (Wildman–Crippen LogP) is 6.60. The summed E-state index contributed by atoms with van der Waals surface area (Å²) in [7, 11) is 0. The summed E-state index contributed by atoms with van der Waals surface area (Å²) in [6.07, 6.45) is 1.05. The number of benzene rings is 2. The van der Waals surface area contributed by atoms with E-state index >= 15 is 0 Å². The molecular weight excluding hydrogens is 493 g/mol. The van der Waals surface area contributed by atoms with Crippen LogP contribution >= 0.6 is 0 Å². The number of alkyl halides is 3. The Morgan fingerprint density at radius 1 is 0.757 bits per heavy atom. The van der Waals surface area contributed by atoms with Crippen molar-refractivity contribution >= 4 is 17.9 Å². The first kappa shape index (κ1) is 29.7. The Balaban J connectivity index is 1.78. The Bertz CT molecular complexity index is 1000. The van der Waals surface area contributed by atoms with Crippen LogP contribution in [0, 0.1) is 0 Å². The highest BCUT2D eigenvalue weighted by Gasteiger charge is 2.48. The van der Waals surface area contributed by atoms with Gasteiger partial charge in [0.2, 0.25) is 0 Å². The van der Waals surface area contributed by atoms with Gasteiger partial charge in [0.1, 0.15) is 11.5 Å². The summed E-state index contributed by atoms with van der Waals surface area (Å²) in [6, 6.07) is 10.9. The molecule has 0 saturated heterocycles. The number of carboxylic acids is 1. The molecule has 0 aromatic heterocycles. The van der Waals surface area contributed by atoms with E-state index in [1.54, 1.807) is 24.3 Å². The third-order valence-electron chi connectivity index (χ3n) is 5.40. The van der Waals surface area contributed by atoms with Gasteiger partial charge in [-0.2, -0.15) is 13.2 Å². The smallest absolute Gasteiger partial charge is 0.436 e. The van der Waals surface area contributed by atoms with Crippen molar-refractivity contribution in [2.24, 2.45) is 0 Å². The molecule has 0 bridgehead atoms. The number of halogens is 3. The van der Waals surface area contributed by atoms with E-state index in [1.807, 2.05) is 0 Å². The first-order valence-electron chi connectivity index (χ1n) is 12.2. The van der Waals surface area contributed by atoms with Crippen molar-refractivity contribution < 1.29 is 46.9 Å². The molecule has 0 spiro atoms. The van der Waals surface area contributed by atoms with Crippen molar-refractivity contribution in [1.82, 2.24) is 0 Å². The molecule has 202 valence electrons. The molecule has 0 aliphatic rings. The molecule has 0 heterocycles. The standard InChI is InChI=1S/C27H31F3O7/c1-2-3-4-5-6-7-8-9-18-35-21-14-10-19(11-15-21)25(33)36-22-16-12-20(13-17-22)26(34)37-23(24(31)32)27(28,29)30/h10-17,23H,2-9,18H2,1H3,(H,31,32). The molecule has 0 aliphatic heterocycles. The summed E-state index contributed by atoms with van der Waals surface area (Å²) in [5, 5.41) is 8.61. The van der Waals surface area contributed by atoms with Gasteiger partial charge in [0.15, 0.2) is 0 Å². The van der Waals surface area contributed by atoms with E-state index < -0.39 is 30.2 Å². The van der Waals surface area contributed by atoms with Crippen molar-refractivity contribution in [3.63, 3.8) is 0 Å². The zero-order chi connectivity index (χ0) is 27.3. The van der Waals surface area contributed by atoms with Crippen molar-refractivity contribution in [2.75, 3.05) is 6.61 Å². The average Bonchev–Trinajstić information content (AvgIpc) is 2.86. The highest BCUT2D eigenvalue weighted by molar-refractivity contribution is 5.93. The van der Waals surface area contributed by atoms with Crippen LogP contribution in [0.3, 0.4) is 0 Å². The van der Waals surface area contributed by atoms with Crippen molar-refractivity contribution in [3.8, 4) is 11.5 Å². The number of rotatable bonds is 15. The molecular formula is C27H31F3O7. The van der Waals surface area contributed by atoms with Gasteiger partial charge in [-0.3, -0.25) is 0 Å². The number of carbonyl (C=O) groups excluding carboxylic acids is 2. The molecule has 0 fully saturated rings. The second-order valence-corrected chi connectivity index (χ2v) is 8.43. The number of ether oxygens (including phenoxy) is 3. The number of esters is 2. The van der Waals surface area contributed by atoms with E-state index in [2.05, 4.69) is 11.7 Å². The molecule has 0 amide bonds. The van der Waals surface area contributed by atoms with E-state index in [1.165, 1.54) is 50.7 Å². The Morgan fingerprint density at radius 3 is 1.76 bits per heavy atom. The quantitative estimate of drug-likeness (QED) is 0.159. The summed E-state index contributed by atoms with van der Waals surface area (Å²) in [5.74, 6) is -3.85. The minimum atomic E-state index is -5.26. The molecule has 7 nitrogen and oxygen atoms in total. The van der Waals surface area contributed by atoms with Crippen molar-refractivity contribution in [1.29, 1.82) is 0 Å². The molecule has 0 radical (unpaired) electrons. The maximum absolute atomic E-state index is 12.7. The first-order valence-corrected chi connectivity index (χ1v) is 12.2. The van der Waals surface area contributed by atoms with Crippen LogP contribution in [-0.4, -0.2) is 41.9 Å². The fourth-order valence-electron chi connectivity index (χ4n) is 3.37. The number of unbranched alkanes of at least 4 members (excludes halogenated alkanes) is 7. The molecule has 0 saturated carbocycles. The van der Waals surface area contributed by atoms with Crippen LogP contribution in [0.2, 0.25) is 0 Å². The maximum Gasteiger partial charge on any atom is 0.436 e. The van der Waals surface area contributed by atoms with E-state index in [4.69, 9.17) is 14.6 Å². The van der Waals surface area contributed by atoms with Crippen LogP contribution < -0.4 is 9.47 Å². The van der Waals surface area contributed by atoms with E-state index in [0.29, 0.717) is 12.4 Å². The van der Waals surface area contributed by atoms with Crippen molar-refractivity contribution in [3.05, 3.63) is 59.7 Å². The van der Waals surface area contributed by atoms with Crippen LogP contribution in [0.5, 0.6) is 11.5 Å². The third kappa shape index (κ3) is 10.5. The Hall–Kier alpha value is -3.56. The second kappa shape index (κ2) is 14.9. The Kier molecular flexibility index (Phi) is 11.9. The zero-order valence-electron chi connectivity index (χ0n) is 20.6. The summed E-state index contributed by atoms with van der Waals surface area (Å²) < 4.78 is 52.9. The molecule has 10 heteroatoms. The lowest BCUT2D eigenvalue weighted by atomic mass is 10.1. The van der Waals surface area contributed by atoms with Crippen LogP contribution in [0.15, 0.2) is 48.5 Å². The van der Waals surface area contributed by atoms with Gasteiger partial charge in [-0.15, -0.1) is 0 Å². The van der Waals surface area contributed by atoms with Crippen LogP contribution in [0.25, 0.3) is 0 Å². The summed E-state index contributed by atoms with van der Waals surface area (Å²) in [6.45, 7) is 2.79. The van der Waals surface area contributed by atoms with Gasteiger partial charge in [-0.05, 0) is 55.0 Å². The minimum absolute atomic E-state index is 0.0298. The molecule has 37 heavy (non-hydrogen) atoms. The van der Waals surface area contributed by atoms with Gasteiger partial charge in [0, 0.05) is 0 Å². The van der Waals surface area contributed by atoms with Crippen LogP contribution in [-0.2, 0) is 9.53 Å². The predicted molar refractivity (Wildman–Crippen MR) is 129 cm³/mol. The molecule has 0 aliphatic carbocycles.